The van der Waals surface area contributed by atoms with Gasteiger partial charge in [0, 0.05) is 36.6 Å². The van der Waals surface area contributed by atoms with Crippen LogP contribution < -0.4 is 10.2 Å². The summed E-state index contributed by atoms with van der Waals surface area (Å²) >= 11 is 0. The van der Waals surface area contributed by atoms with Gasteiger partial charge in [0.1, 0.15) is 0 Å². The third kappa shape index (κ3) is 4.81. The first kappa shape index (κ1) is 17.9. The zero-order valence-corrected chi connectivity index (χ0v) is 14.7. The SMILES string of the molecule is O=C(Cc1ccc([N+](=O)[O-])cc1)Nc1ccc(N2CCCCCC2)cc1. The molecule has 0 unspecified atom stereocenters. The number of nitro benzene ring substituents is 1. The topological polar surface area (TPSA) is 75.5 Å². The van der Waals surface area contributed by atoms with Crippen LogP contribution in [0.1, 0.15) is 31.2 Å². The largest absolute Gasteiger partial charge is 0.372 e. The van der Waals surface area contributed by atoms with Crippen molar-refractivity contribution in [2.75, 3.05) is 23.3 Å². The monoisotopic (exact) mass is 353 g/mol. The number of hydrogen-bond donors (Lipinski definition) is 1. The third-order valence-electron chi connectivity index (χ3n) is 4.63. The number of rotatable bonds is 5. The van der Waals surface area contributed by atoms with E-state index < -0.39 is 4.92 Å². The number of non-ortho nitro benzene ring substituents is 1. The normalized spacial score (nSPS) is 14.5. The smallest absolute Gasteiger partial charge is 0.269 e. The van der Waals surface area contributed by atoms with E-state index in [9.17, 15) is 14.9 Å². The first-order chi connectivity index (χ1) is 12.6. The van der Waals surface area contributed by atoms with E-state index in [1.165, 1.54) is 43.5 Å². The summed E-state index contributed by atoms with van der Waals surface area (Å²) in [6.45, 7) is 2.18. The number of nitro groups is 1. The molecule has 1 fully saturated rings. The molecule has 6 heteroatoms. The summed E-state index contributed by atoms with van der Waals surface area (Å²) in [5.74, 6) is -0.138. The third-order valence-corrected chi connectivity index (χ3v) is 4.63. The standard InChI is InChI=1S/C20H23N3O3/c24-20(15-16-5-9-19(10-6-16)23(25)26)21-17-7-11-18(12-8-17)22-13-3-1-2-4-14-22/h5-12H,1-4,13-15H2,(H,21,24). The number of nitrogens with one attached hydrogen (secondary N) is 1. The molecular formula is C20H23N3O3. The lowest BCUT2D eigenvalue weighted by Crippen LogP contribution is -2.23. The van der Waals surface area contributed by atoms with Crippen molar-refractivity contribution in [1.29, 1.82) is 0 Å². The van der Waals surface area contributed by atoms with Crippen molar-refractivity contribution in [2.45, 2.75) is 32.1 Å². The first-order valence-corrected chi connectivity index (χ1v) is 9.00. The van der Waals surface area contributed by atoms with Gasteiger partial charge in [-0.15, -0.1) is 0 Å². The predicted molar refractivity (Wildman–Crippen MR) is 103 cm³/mol. The van der Waals surface area contributed by atoms with Crippen molar-refractivity contribution in [1.82, 2.24) is 0 Å². The van der Waals surface area contributed by atoms with Crippen LogP contribution in [0.15, 0.2) is 48.5 Å². The van der Waals surface area contributed by atoms with Gasteiger partial charge in [0.25, 0.3) is 5.69 Å². The molecule has 6 nitrogen and oxygen atoms in total. The van der Waals surface area contributed by atoms with Crippen LogP contribution in [0.2, 0.25) is 0 Å². The van der Waals surface area contributed by atoms with Crippen molar-refractivity contribution in [3.63, 3.8) is 0 Å². The van der Waals surface area contributed by atoms with Crippen molar-refractivity contribution in [3.05, 3.63) is 64.2 Å². The summed E-state index contributed by atoms with van der Waals surface area (Å²) < 4.78 is 0. The van der Waals surface area contributed by atoms with E-state index in [4.69, 9.17) is 0 Å². The average Bonchev–Trinajstić information content (AvgIpc) is 2.92. The Hall–Kier alpha value is -2.89. The quantitative estimate of drug-likeness (QED) is 0.647. The number of anilines is 2. The summed E-state index contributed by atoms with van der Waals surface area (Å²) in [5, 5.41) is 13.5. The van der Waals surface area contributed by atoms with Crippen molar-refractivity contribution < 1.29 is 9.72 Å². The Morgan fingerprint density at radius 1 is 0.962 bits per heavy atom. The molecule has 1 saturated heterocycles. The van der Waals surface area contributed by atoms with E-state index in [-0.39, 0.29) is 18.0 Å². The molecule has 2 aromatic rings. The zero-order chi connectivity index (χ0) is 18.4. The lowest BCUT2D eigenvalue weighted by molar-refractivity contribution is -0.384. The molecule has 1 heterocycles. The number of carbonyl (C=O) groups excluding carboxylic acids is 1. The fourth-order valence-corrected chi connectivity index (χ4v) is 3.21. The van der Waals surface area contributed by atoms with Crippen molar-refractivity contribution >= 4 is 23.0 Å². The Morgan fingerprint density at radius 3 is 2.15 bits per heavy atom. The van der Waals surface area contributed by atoms with Gasteiger partial charge in [-0.2, -0.15) is 0 Å². The average molecular weight is 353 g/mol. The van der Waals surface area contributed by atoms with E-state index in [0.717, 1.165) is 24.3 Å². The summed E-state index contributed by atoms with van der Waals surface area (Å²) in [5.41, 5.74) is 2.73. The minimum absolute atomic E-state index is 0.0262. The molecule has 0 saturated carbocycles. The van der Waals surface area contributed by atoms with Crippen LogP contribution in [0.3, 0.4) is 0 Å². The van der Waals surface area contributed by atoms with Crippen LogP contribution in [0.5, 0.6) is 0 Å². The molecule has 1 amide bonds. The maximum absolute atomic E-state index is 12.2. The number of hydrogen-bond acceptors (Lipinski definition) is 4. The number of carbonyl (C=O) groups is 1. The van der Waals surface area contributed by atoms with Gasteiger partial charge < -0.3 is 10.2 Å². The van der Waals surface area contributed by atoms with E-state index in [1.54, 1.807) is 12.1 Å². The highest BCUT2D eigenvalue weighted by molar-refractivity contribution is 5.92. The number of benzene rings is 2. The van der Waals surface area contributed by atoms with Gasteiger partial charge in [0.15, 0.2) is 0 Å². The minimum Gasteiger partial charge on any atom is -0.372 e. The van der Waals surface area contributed by atoms with Crippen LogP contribution in [-0.2, 0) is 11.2 Å². The summed E-state index contributed by atoms with van der Waals surface area (Å²) in [6, 6.07) is 14.0. The lowest BCUT2D eigenvalue weighted by atomic mass is 10.1. The van der Waals surface area contributed by atoms with E-state index in [1.807, 2.05) is 24.3 Å². The van der Waals surface area contributed by atoms with Crippen LogP contribution in [0.25, 0.3) is 0 Å². The molecule has 26 heavy (non-hydrogen) atoms. The van der Waals surface area contributed by atoms with E-state index in [2.05, 4.69) is 10.2 Å². The molecule has 0 bridgehead atoms. The number of amides is 1. The van der Waals surface area contributed by atoms with Gasteiger partial charge in [0.2, 0.25) is 5.91 Å². The second-order valence-electron chi connectivity index (χ2n) is 6.60. The van der Waals surface area contributed by atoms with Gasteiger partial charge in [-0.25, -0.2) is 0 Å². The molecular weight excluding hydrogens is 330 g/mol. The summed E-state index contributed by atoms with van der Waals surface area (Å²) in [6.07, 6.45) is 5.24. The zero-order valence-electron chi connectivity index (χ0n) is 14.7. The van der Waals surface area contributed by atoms with Crippen LogP contribution in [0.4, 0.5) is 17.1 Å². The highest BCUT2D eigenvalue weighted by Gasteiger charge is 2.11. The molecule has 3 rings (SSSR count). The van der Waals surface area contributed by atoms with Gasteiger partial charge in [-0.3, -0.25) is 14.9 Å². The Labute approximate surface area is 153 Å². The fraction of sp³-hybridized carbons (Fsp3) is 0.350. The van der Waals surface area contributed by atoms with Gasteiger partial charge in [-0.05, 0) is 42.7 Å². The maximum Gasteiger partial charge on any atom is 0.269 e. The maximum atomic E-state index is 12.2. The molecule has 2 aromatic carbocycles. The first-order valence-electron chi connectivity index (χ1n) is 9.00. The lowest BCUT2D eigenvalue weighted by Gasteiger charge is -2.22. The molecule has 0 aromatic heterocycles. The van der Waals surface area contributed by atoms with Crippen LogP contribution in [0, 0.1) is 10.1 Å². The molecule has 0 spiro atoms. The highest BCUT2D eigenvalue weighted by Crippen LogP contribution is 2.22. The van der Waals surface area contributed by atoms with E-state index >= 15 is 0 Å². The molecule has 0 atom stereocenters. The molecule has 1 aliphatic rings. The summed E-state index contributed by atoms with van der Waals surface area (Å²) in [4.78, 5) is 24.8. The molecule has 136 valence electrons. The van der Waals surface area contributed by atoms with Crippen molar-refractivity contribution in [3.8, 4) is 0 Å². The van der Waals surface area contributed by atoms with Gasteiger partial charge in [0.05, 0.1) is 11.3 Å². The second-order valence-corrected chi connectivity index (χ2v) is 6.60. The van der Waals surface area contributed by atoms with Gasteiger partial charge in [-0.1, -0.05) is 25.0 Å². The Bertz CT molecular complexity index is 749. The summed E-state index contributed by atoms with van der Waals surface area (Å²) in [7, 11) is 0. The Balaban J connectivity index is 1.56. The molecule has 0 radical (unpaired) electrons. The second kappa shape index (κ2) is 8.47. The fourth-order valence-electron chi connectivity index (χ4n) is 3.21. The Kier molecular flexibility index (Phi) is 5.84. The molecule has 0 aliphatic carbocycles. The van der Waals surface area contributed by atoms with Crippen molar-refractivity contribution in [2.24, 2.45) is 0 Å². The van der Waals surface area contributed by atoms with E-state index in [0.29, 0.717) is 0 Å². The van der Waals surface area contributed by atoms with Gasteiger partial charge >= 0.3 is 0 Å². The number of nitrogens with zero attached hydrogens (tertiary/aromatic N) is 2. The minimum atomic E-state index is -0.449. The highest BCUT2D eigenvalue weighted by atomic mass is 16.6. The van der Waals surface area contributed by atoms with Crippen LogP contribution in [-0.4, -0.2) is 23.9 Å². The molecule has 1 aliphatic heterocycles. The van der Waals surface area contributed by atoms with Crippen LogP contribution >= 0.6 is 0 Å². The Morgan fingerprint density at radius 2 is 1.58 bits per heavy atom. The molecule has 1 N–H and O–H groups in total. The predicted octanol–water partition coefficient (Wildman–Crippen LogP) is 4.16.